The molecular weight excluding hydrogens is 384 g/mol. The summed E-state index contributed by atoms with van der Waals surface area (Å²) in [6.07, 6.45) is 1.31. The molecule has 0 unspecified atom stereocenters. The highest BCUT2D eigenvalue weighted by molar-refractivity contribution is 6.33. The first-order valence-electron chi connectivity index (χ1n) is 8.04. The third-order valence-electron chi connectivity index (χ3n) is 3.74. The van der Waals surface area contributed by atoms with Crippen LogP contribution >= 0.6 is 11.6 Å². The summed E-state index contributed by atoms with van der Waals surface area (Å²) < 4.78 is 4.70. The summed E-state index contributed by atoms with van der Waals surface area (Å²) in [6, 6.07) is 12.7. The summed E-state index contributed by atoms with van der Waals surface area (Å²) in [6.45, 7) is 0. The Labute approximate surface area is 165 Å². The minimum absolute atomic E-state index is 0.115. The number of nitrogens with one attached hydrogen (secondary N) is 2. The number of aromatic nitrogens is 2. The number of carbonyl (C=O) groups is 2. The SMILES string of the molecule is COC(=O)c1ccc(Cl)c(Nc2cc(Nc3ccccc3C(=O)O)ncn2)c1. The third-order valence-corrected chi connectivity index (χ3v) is 4.07. The molecule has 3 rings (SSSR count). The normalized spacial score (nSPS) is 10.2. The first kappa shape index (κ1) is 19.1. The molecule has 0 aliphatic heterocycles. The number of carboxylic acids is 1. The van der Waals surface area contributed by atoms with Crippen molar-refractivity contribution in [1.82, 2.24) is 9.97 Å². The number of para-hydroxylation sites is 1. The molecule has 0 saturated carbocycles. The van der Waals surface area contributed by atoms with Crippen molar-refractivity contribution in [1.29, 1.82) is 0 Å². The van der Waals surface area contributed by atoms with Gasteiger partial charge in [-0.1, -0.05) is 23.7 Å². The fraction of sp³-hybridized carbons (Fsp3) is 0.0526. The lowest BCUT2D eigenvalue weighted by Gasteiger charge is -2.12. The van der Waals surface area contributed by atoms with E-state index in [4.69, 9.17) is 16.3 Å². The summed E-state index contributed by atoms with van der Waals surface area (Å²) in [4.78, 5) is 31.2. The number of ether oxygens (including phenoxy) is 1. The Bertz CT molecular complexity index is 1040. The average Bonchev–Trinajstić information content (AvgIpc) is 2.69. The maximum absolute atomic E-state index is 11.7. The Kier molecular flexibility index (Phi) is 5.71. The van der Waals surface area contributed by atoms with E-state index in [1.165, 1.54) is 19.5 Å². The first-order valence-corrected chi connectivity index (χ1v) is 8.42. The van der Waals surface area contributed by atoms with Crippen LogP contribution in [0, 0.1) is 0 Å². The fourth-order valence-electron chi connectivity index (χ4n) is 2.41. The standard InChI is InChI=1S/C19H15ClN4O4/c1-28-19(27)11-6-7-13(20)15(8-11)24-17-9-16(21-10-22-17)23-14-5-3-2-4-12(14)18(25)26/h2-10H,1H3,(H,25,26)(H2,21,22,23,24). The van der Waals surface area contributed by atoms with Gasteiger partial charge in [0.15, 0.2) is 0 Å². The van der Waals surface area contributed by atoms with E-state index >= 15 is 0 Å². The molecular formula is C19H15ClN4O4. The van der Waals surface area contributed by atoms with Crippen LogP contribution in [0.2, 0.25) is 5.02 Å². The average molecular weight is 399 g/mol. The van der Waals surface area contributed by atoms with Gasteiger partial charge in [-0.15, -0.1) is 0 Å². The zero-order valence-electron chi connectivity index (χ0n) is 14.6. The molecule has 0 saturated heterocycles. The summed E-state index contributed by atoms with van der Waals surface area (Å²) in [5, 5.41) is 15.6. The van der Waals surface area contributed by atoms with Gasteiger partial charge in [-0.2, -0.15) is 0 Å². The molecule has 0 aliphatic carbocycles. The van der Waals surface area contributed by atoms with Gasteiger partial charge in [-0.3, -0.25) is 0 Å². The number of hydrogen-bond acceptors (Lipinski definition) is 7. The monoisotopic (exact) mass is 398 g/mol. The van der Waals surface area contributed by atoms with Crippen molar-refractivity contribution in [3.8, 4) is 0 Å². The van der Waals surface area contributed by atoms with Crippen molar-refractivity contribution in [3.05, 3.63) is 71.0 Å². The van der Waals surface area contributed by atoms with Crippen LogP contribution in [0.25, 0.3) is 0 Å². The van der Waals surface area contributed by atoms with Gasteiger partial charge in [0.2, 0.25) is 0 Å². The van der Waals surface area contributed by atoms with Gasteiger partial charge in [-0.25, -0.2) is 19.6 Å². The number of rotatable bonds is 6. The molecule has 1 heterocycles. The van der Waals surface area contributed by atoms with Crippen molar-refractivity contribution < 1.29 is 19.4 Å². The number of benzene rings is 2. The molecule has 1 aromatic heterocycles. The van der Waals surface area contributed by atoms with Crippen LogP contribution in [0.5, 0.6) is 0 Å². The van der Waals surface area contributed by atoms with Gasteiger partial charge >= 0.3 is 11.9 Å². The van der Waals surface area contributed by atoms with Crippen LogP contribution in [-0.4, -0.2) is 34.1 Å². The highest BCUT2D eigenvalue weighted by Gasteiger charge is 2.12. The van der Waals surface area contributed by atoms with Crippen LogP contribution in [0.1, 0.15) is 20.7 Å². The summed E-state index contributed by atoms with van der Waals surface area (Å²) in [5.74, 6) is -0.766. The lowest BCUT2D eigenvalue weighted by molar-refractivity contribution is 0.0600. The molecule has 0 radical (unpaired) electrons. The molecule has 0 amide bonds. The van der Waals surface area contributed by atoms with Gasteiger partial charge in [0, 0.05) is 6.07 Å². The molecule has 0 aliphatic rings. The number of esters is 1. The van der Waals surface area contributed by atoms with Gasteiger partial charge in [-0.05, 0) is 30.3 Å². The molecule has 2 aromatic carbocycles. The molecule has 3 aromatic rings. The molecule has 0 atom stereocenters. The largest absolute Gasteiger partial charge is 0.478 e. The van der Waals surface area contributed by atoms with Crippen LogP contribution in [-0.2, 0) is 4.74 Å². The lowest BCUT2D eigenvalue weighted by Crippen LogP contribution is -2.05. The second-order valence-corrected chi connectivity index (χ2v) is 5.98. The van der Waals surface area contributed by atoms with Crippen molar-refractivity contribution in [2.75, 3.05) is 17.7 Å². The van der Waals surface area contributed by atoms with E-state index in [-0.39, 0.29) is 5.56 Å². The van der Waals surface area contributed by atoms with E-state index in [2.05, 4.69) is 20.6 Å². The number of aromatic carboxylic acids is 1. The van der Waals surface area contributed by atoms with E-state index in [1.807, 2.05) is 0 Å². The van der Waals surface area contributed by atoms with E-state index in [9.17, 15) is 14.7 Å². The maximum atomic E-state index is 11.7. The molecule has 0 bridgehead atoms. The quantitative estimate of drug-likeness (QED) is 0.532. The highest BCUT2D eigenvalue weighted by Crippen LogP contribution is 2.27. The van der Waals surface area contributed by atoms with Gasteiger partial charge < -0.3 is 20.5 Å². The van der Waals surface area contributed by atoms with Crippen molar-refractivity contribution in [2.24, 2.45) is 0 Å². The number of nitrogens with zero attached hydrogens (tertiary/aromatic N) is 2. The molecule has 142 valence electrons. The maximum Gasteiger partial charge on any atom is 0.337 e. The number of carbonyl (C=O) groups excluding carboxylic acids is 1. The topological polar surface area (TPSA) is 113 Å². The zero-order chi connectivity index (χ0) is 20.1. The predicted molar refractivity (Wildman–Crippen MR) is 105 cm³/mol. The number of halogens is 1. The van der Waals surface area contributed by atoms with Crippen molar-refractivity contribution in [3.63, 3.8) is 0 Å². The van der Waals surface area contributed by atoms with Gasteiger partial charge in [0.05, 0.1) is 34.6 Å². The molecule has 0 spiro atoms. The summed E-state index contributed by atoms with van der Waals surface area (Å²) in [7, 11) is 1.29. The van der Waals surface area contributed by atoms with Crippen LogP contribution in [0.4, 0.5) is 23.0 Å². The van der Waals surface area contributed by atoms with E-state index in [0.717, 1.165) is 0 Å². The molecule has 8 nitrogen and oxygen atoms in total. The number of hydrogen-bond donors (Lipinski definition) is 3. The zero-order valence-corrected chi connectivity index (χ0v) is 15.4. The highest BCUT2D eigenvalue weighted by atomic mass is 35.5. The number of methoxy groups -OCH3 is 1. The lowest BCUT2D eigenvalue weighted by atomic mass is 10.2. The second kappa shape index (κ2) is 8.36. The van der Waals surface area contributed by atoms with Gasteiger partial charge in [0.1, 0.15) is 18.0 Å². The predicted octanol–water partition coefficient (Wildman–Crippen LogP) is 4.10. The Morgan fingerprint density at radius 2 is 1.68 bits per heavy atom. The van der Waals surface area contributed by atoms with Crippen LogP contribution in [0.3, 0.4) is 0 Å². The van der Waals surface area contributed by atoms with Crippen molar-refractivity contribution in [2.45, 2.75) is 0 Å². The fourth-order valence-corrected chi connectivity index (χ4v) is 2.58. The minimum Gasteiger partial charge on any atom is -0.478 e. The Balaban J connectivity index is 1.85. The van der Waals surface area contributed by atoms with E-state index in [0.29, 0.717) is 33.6 Å². The second-order valence-electron chi connectivity index (χ2n) is 5.58. The smallest absolute Gasteiger partial charge is 0.337 e. The van der Waals surface area contributed by atoms with E-state index < -0.39 is 11.9 Å². The third kappa shape index (κ3) is 4.36. The molecule has 3 N–H and O–H groups in total. The van der Waals surface area contributed by atoms with Crippen molar-refractivity contribution >= 4 is 46.6 Å². The van der Waals surface area contributed by atoms with Gasteiger partial charge in [0.25, 0.3) is 0 Å². The minimum atomic E-state index is -1.05. The summed E-state index contributed by atoms with van der Waals surface area (Å²) >= 11 is 6.18. The molecule has 0 fully saturated rings. The molecule has 28 heavy (non-hydrogen) atoms. The summed E-state index contributed by atoms with van der Waals surface area (Å²) in [5.41, 5.74) is 1.30. The van der Waals surface area contributed by atoms with Crippen LogP contribution in [0.15, 0.2) is 54.9 Å². The Hall–Kier alpha value is -3.65. The molecule has 9 heteroatoms. The number of carboxylic acid groups (broad SMARTS) is 1. The van der Waals surface area contributed by atoms with E-state index in [1.54, 1.807) is 42.5 Å². The Morgan fingerprint density at radius 3 is 2.36 bits per heavy atom. The Morgan fingerprint density at radius 1 is 1.00 bits per heavy atom. The first-order chi connectivity index (χ1) is 13.5. The van der Waals surface area contributed by atoms with Crippen LogP contribution < -0.4 is 10.6 Å². The number of anilines is 4.